The molecule has 0 heterocycles. The SMILES string of the molecule is CCNc1c(F)cc(F)cc1CC(N)C(O)CNC1(c2cccc(C(C)(C)C)c2)CCCCC1. The van der Waals surface area contributed by atoms with E-state index in [4.69, 9.17) is 5.73 Å². The molecule has 4 nitrogen and oxygen atoms in total. The number of rotatable bonds is 9. The molecule has 2 unspecified atom stereocenters. The van der Waals surface area contributed by atoms with Gasteiger partial charge in [-0.25, -0.2) is 8.78 Å². The minimum Gasteiger partial charge on any atom is -0.390 e. The fourth-order valence-electron chi connectivity index (χ4n) is 5.01. The monoisotopic (exact) mass is 473 g/mol. The van der Waals surface area contributed by atoms with Crippen LogP contribution in [-0.4, -0.2) is 30.3 Å². The summed E-state index contributed by atoms with van der Waals surface area (Å²) in [5.74, 6) is -1.29. The molecule has 0 saturated heterocycles. The molecule has 0 amide bonds. The van der Waals surface area contributed by atoms with Gasteiger partial charge in [0.25, 0.3) is 0 Å². The van der Waals surface area contributed by atoms with Crippen LogP contribution in [0.1, 0.15) is 76.5 Å². The van der Waals surface area contributed by atoms with Crippen LogP contribution in [0.2, 0.25) is 0 Å². The van der Waals surface area contributed by atoms with E-state index in [9.17, 15) is 13.9 Å². The van der Waals surface area contributed by atoms with Crippen molar-refractivity contribution in [3.8, 4) is 0 Å². The predicted molar refractivity (Wildman–Crippen MR) is 136 cm³/mol. The van der Waals surface area contributed by atoms with E-state index in [0.29, 0.717) is 18.7 Å². The van der Waals surface area contributed by atoms with Gasteiger partial charge in [-0.05, 0) is 54.4 Å². The largest absolute Gasteiger partial charge is 0.390 e. The molecule has 0 aliphatic heterocycles. The number of hydrogen-bond acceptors (Lipinski definition) is 4. The summed E-state index contributed by atoms with van der Waals surface area (Å²) in [5, 5.41) is 17.5. The van der Waals surface area contributed by atoms with Crippen molar-refractivity contribution < 1.29 is 13.9 Å². The highest BCUT2D eigenvalue weighted by Crippen LogP contribution is 2.38. The fourth-order valence-corrected chi connectivity index (χ4v) is 5.01. The number of aliphatic hydroxyl groups is 1. The standard InChI is InChI=1S/C28H41F2N3O/c1-5-32-26-19(14-22(29)17-23(26)30)15-24(31)25(34)18-33-28(12-7-6-8-13-28)21-11-9-10-20(16-21)27(2,3)4/h9-11,14,16-17,24-25,32-34H,5-8,12-13,15,18,31H2,1-4H3. The lowest BCUT2D eigenvalue weighted by Gasteiger charge is -2.40. The minimum absolute atomic E-state index is 0.0538. The van der Waals surface area contributed by atoms with Gasteiger partial charge in [0, 0.05) is 30.7 Å². The van der Waals surface area contributed by atoms with Crippen molar-refractivity contribution in [3.05, 3.63) is 64.7 Å². The van der Waals surface area contributed by atoms with Gasteiger partial charge in [-0.1, -0.05) is 64.3 Å². The normalized spacial score (nSPS) is 17.9. The van der Waals surface area contributed by atoms with E-state index in [1.165, 1.54) is 23.6 Å². The first-order valence-corrected chi connectivity index (χ1v) is 12.6. The van der Waals surface area contributed by atoms with Gasteiger partial charge in [0.1, 0.15) is 11.6 Å². The average Bonchev–Trinajstić information content (AvgIpc) is 2.80. The van der Waals surface area contributed by atoms with Crippen molar-refractivity contribution in [3.63, 3.8) is 0 Å². The van der Waals surface area contributed by atoms with Crippen LogP contribution in [0, 0.1) is 11.6 Å². The number of hydrogen-bond donors (Lipinski definition) is 4. The molecule has 2 aromatic carbocycles. The molecule has 0 bridgehead atoms. The lowest BCUT2D eigenvalue weighted by molar-refractivity contribution is 0.116. The van der Waals surface area contributed by atoms with E-state index in [0.717, 1.165) is 31.7 Å². The molecule has 1 fully saturated rings. The van der Waals surface area contributed by atoms with Gasteiger partial charge in [0.05, 0.1) is 11.8 Å². The minimum atomic E-state index is -0.856. The van der Waals surface area contributed by atoms with Crippen LogP contribution in [0.15, 0.2) is 36.4 Å². The Balaban J connectivity index is 1.75. The first kappa shape index (κ1) is 26.6. The van der Waals surface area contributed by atoms with Crippen LogP contribution in [0.4, 0.5) is 14.5 Å². The van der Waals surface area contributed by atoms with Crippen LogP contribution in [0.3, 0.4) is 0 Å². The molecule has 5 N–H and O–H groups in total. The Hall–Kier alpha value is -2.02. The van der Waals surface area contributed by atoms with Crippen LogP contribution in [0.5, 0.6) is 0 Å². The van der Waals surface area contributed by atoms with Gasteiger partial charge in [0.2, 0.25) is 0 Å². The lowest BCUT2D eigenvalue weighted by atomic mass is 9.74. The van der Waals surface area contributed by atoms with Gasteiger partial charge in [-0.2, -0.15) is 0 Å². The highest BCUT2D eigenvalue weighted by Gasteiger charge is 2.35. The van der Waals surface area contributed by atoms with E-state index in [1.54, 1.807) is 0 Å². The summed E-state index contributed by atoms with van der Waals surface area (Å²) in [5.41, 5.74) is 9.41. The Labute approximate surface area is 203 Å². The van der Waals surface area contributed by atoms with Crippen molar-refractivity contribution in [2.75, 3.05) is 18.4 Å². The number of anilines is 1. The van der Waals surface area contributed by atoms with E-state index in [2.05, 4.69) is 55.7 Å². The van der Waals surface area contributed by atoms with Gasteiger partial charge in [0.15, 0.2) is 0 Å². The summed E-state index contributed by atoms with van der Waals surface area (Å²) in [4.78, 5) is 0. The first-order chi connectivity index (χ1) is 16.1. The molecule has 2 atom stereocenters. The van der Waals surface area contributed by atoms with Crippen LogP contribution < -0.4 is 16.4 Å². The molecule has 0 radical (unpaired) electrons. The first-order valence-electron chi connectivity index (χ1n) is 12.6. The molecule has 0 spiro atoms. The number of nitrogens with one attached hydrogen (secondary N) is 2. The third kappa shape index (κ3) is 6.35. The molecule has 6 heteroatoms. The maximum Gasteiger partial charge on any atom is 0.149 e. The molecule has 188 valence electrons. The molecule has 1 saturated carbocycles. The lowest BCUT2D eigenvalue weighted by Crippen LogP contribution is -2.51. The Morgan fingerprint density at radius 1 is 1.09 bits per heavy atom. The van der Waals surface area contributed by atoms with E-state index in [-0.39, 0.29) is 23.1 Å². The van der Waals surface area contributed by atoms with Gasteiger partial charge >= 0.3 is 0 Å². The smallest absolute Gasteiger partial charge is 0.149 e. The van der Waals surface area contributed by atoms with Crippen molar-refractivity contribution in [1.29, 1.82) is 0 Å². The molecule has 3 rings (SSSR count). The summed E-state index contributed by atoms with van der Waals surface area (Å²) in [6.07, 6.45) is 4.79. The highest BCUT2D eigenvalue weighted by atomic mass is 19.1. The van der Waals surface area contributed by atoms with Crippen molar-refractivity contribution in [2.45, 2.75) is 89.3 Å². The number of benzene rings is 2. The van der Waals surface area contributed by atoms with Crippen molar-refractivity contribution >= 4 is 5.69 Å². The maximum atomic E-state index is 14.3. The zero-order chi connectivity index (χ0) is 24.9. The summed E-state index contributed by atoms with van der Waals surface area (Å²) in [6.45, 7) is 9.32. The Bertz CT molecular complexity index is 951. The zero-order valence-electron chi connectivity index (χ0n) is 21.1. The highest BCUT2D eigenvalue weighted by molar-refractivity contribution is 5.53. The van der Waals surface area contributed by atoms with Gasteiger partial charge in [-0.3, -0.25) is 0 Å². The van der Waals surface area contributed by atoms with Crippen LogP contribution >= 0.6 is 0 Å². The average molecular weight is 474 g/mol. The summed E-state index contributed by atoms with van der Waals surface area (Å²) in [7, 11) is 0. The van der Waals surface area contributed by atoms with E-state index < -0.39 is 23.8 Å². The summed E-state index contributed by atoms with van der Waals surface area (Å²) < 4.78 is 28.1. The Morgan fingerprint density at radius 3 is 2.44 bits per heavy atom. The maximum absolute atomic E-state index is 14.3. The Kier molecular flexibility index (Phi) is 8.72. The quantitative estimate of drug-likeness (QED) is 0.395. The number of aliphatic hydroxyl groups excluding tert-OH is 1. The molecule has 1 aliphatic rings. The predicted octanol–water partition coefficient (Wildman–Crippen LogP) is 5.37. The summed E-state index contributed by atoms with van der Waals surface area (Å²) in [6, 6.07) is 10.3. The Morgan fingerprint density at radius 2 is 1.79 bits per heavy atom. The van der Waals surface area contributed by atoms with Gasteiger partial charge in [-0.15, -0.1) is 0 Å². The van der Waals surface area contributed by atoms with Crippen molar-refractivity contribution in [2.24, 2.45) is 5.73 Å². The van der Waals surface area contributed by atoms with Crippen molar-refractivity contribution in [1.82, 2.24) is 5.32 Å². The van der Waals surface area contributed by atoms with E-state index in [1.807, 2.05) is 6.92 Å². The van der Waals surface area contributed by atoms with Crippen LogP contribution in [0.25, 0.3) is 0 Å². The third-order valence-corrected chi connectivity index (χ3v) is 7.08. The van der Waals surface area contributed by atoms with Gasteiger partial charge < -0.3 is 21.5 Å². The number of halogens is 2. The fraction of sp³-hybridized carbons (Fsp3) is 0.571. The molecule has 0 aromatic heterocycles. The second kappa shape index (κ2) is 11.1. The third-order valence-electron chi connectivity index (χ3n) is 7.08. The summed E-state index contributed by atoms with van der Waals surface area (Å²) >= 11 is 0. The van der Waals surface area contributed by atoms with E-state index >= 15 is 0 Å². The molecule has 34 heavy (non-hydrogen) atoms. The second-order valence-corrected chi connectivity index (χ2v) is 10.7. The molecular weight excluding hydrogens is 432 g/mol. The van der Waals surface area contributed by atoms with Crippen LogP contribution in [-0.2, 0) is 17.4 Å². The molecule has 2 aromatic rings. The number of nitrogens with two attached hydrogens (primary N) is 1. The zero-order valence-corrected chi connectivity index (χ0v) is 21.1. The second-order valence-electron chi connectivity index (χ2n) is 10.7. The molecular formula is C28H41F2N3O. The topological polar surface area (TPSA) is 70.3 Å². The molecule has 1 aliphatic carbocycles.